The molecule has 1 saturated carbocycles. The SMILES string of the molecule is O=C(N[C@H](CO)c1ccccc1)C1(c2ccc(Cl)cc2)CC1. The number of aliphatic hydroxyl groups is 1. The lowest BCUT2D eigenvalue weighted by Gasteiger charge is -2.22. The van der Waals surface area contributed by atoms with E-state index in [-0.39, 0.29) is 18.6 Å². The van der Waals surface area contributed by atoms with Gasteiger partial charge in [0.25, 0.3) is 0 Å². The molecule has 4 heteroatoms. The van der Waals surface area contributed by atoms with Gasteiger partial charge >= 0.3 is 0 Å². The lowest BCUT2D eigenvalue weighted by atomic mass is 9.94. The molecule has 0 radical (unpaired) electrons. The molecule has 0 spiro atoms. The minimum atomic E-state index is -0.465. The van der Waals surface area contributed by atoms with Crippen molar-refractivity contribution in [1.82, 2.24) is 5.32 Å². The van der Waals surface area contributed by atoms with Gasteiger partial charge in [0, 0.05) is 5.02 Å². The topological polar surface area (TPSA) is 49.3 Å². The van der Waals surface area contributed by atoms with Crippen LogP contribution < -0.4 is 5.32 Å². The Labute approximate surface area is 134 Å². The molecule has 3 rings (SSSR count). The molecule has 0 aliphatic heterocycles. The zero-order valence-corrected chi connectivity index (χ0v) is 12.9. The maximum Gasteiger partial charge on any atom is 0.231 e. The van der Waals surface area contributed by atoms with Crippen LogP contribution in [-0.2, 0) is 10.2 Å². The Kier molecular flexibility index (Phi) is 4.19. The van der Waals surface area contributed by atoms with Crippen LogP contribution in [0, 0.1) is 0 Å². The molecule has 2 N–H and O–H groups in total. The average Bonchev–Trinajstić information content (AvgIpc) is 3.36. The summed E-state index contributed by atoms with van der Waals surface area (Å²) < 4.78 is 0. The van der Waals surface area contributed by atoms with Crippen LogP contribution >= 0.6 is 11.6 Å². The van der Waals surface area contributed by atoms with E-state index in [4.69, 9.17) is 11.6 Å². The van der Waals surface area contributed by atoms with Gasteiger partial charge < -0.3 is 10.4 Å². The highest BCUT2D eigenvalue weighted by Gasteiger charge is 2.51. The third-order valence-corrected chi connectivity index (χ3v) is 4.52. The predicted octanol–water partition coefficient (Wildman–Crippen LogP) is 3.22. The van der Waals surface area contributed by atoms with Crippen molar-refractivity contribution in [2.75, 3.05) is 6.61 Å². The van der Waals surface area contributed by atoms with Gasteiger partial charge in [-0.25, -0.2) is 0 Å². The molecular formula is C18H18ClNO2. The summed E-state index contributed by atoms with van der Waals surface area (Å²) in [6, 6.07) is 16.6. The fourth-order valence-electron chi connectivity index (χ4n) is 2.76. The van der Waals surface area contributed by atoms with Crippen molar-refractivity contribution < 1.29 is 9.90 Å². The zero-order chi connectivity index (χ0) is 15.6. The molecule has 2 aromatic carbocycles. The van der Waals surface area contributed by atoms with Gasteiger partial charge in [0.05, 0.1) is 18.1 Å². The van der Waals surface area contributed by atoms with Crippen molar-refractivity contribution in [3.8, 4) is 0 Å². The number of aliphatic hydroxyl groups excluding tert-OH is 1. The second kappa shape index (κ2) is 6.11. The van der Waals surface area contributed by atoms with Crippen molar-refractivity contribution in [3.63, 3.8) is 0 Å². The van der Waals surface area contributed by atoms with E-state index in [0.717, 1.165) is 24.0 Å². The number of rotatable bonds is 5. The molecule has 0 heterocycles. The number of hydrogen-bond donors (Lipinski definition) is 2. The van der Waals surface area contributed by atoms with Crippen LogP contribution in [0.25, 0.3) is 0 Å². The van der Waals surface area contributed by atoms with E-state index in [1.165, 1.54) is 0 Å². The number of hydrogen-bond acceptors (Lipinski definition) is 2. The van der Waals surface area contributed by atoms with Crippen molar-refractivity contribution in [3.05, 3.63) is 70.7 Å². The van der Waals surface area contributed by atoms with Crippen LogP contribution in [0.3, 0.4) is 0 Å². The molecule has 0 aromatic heterocycles. The quantitative estimate of drug-likeness (QED) is 0.890. The smallest absolute Gasteiger partial charge is 0.231 e. The number of benzene rings is 2. The molecule has 1 aliphatic carbocycles. The first-order valence-corrected chi connectivity index (χ1v) is 7.76. The van der Waals surface area contributed by atoms with E-state index < -0.39 is 5.41 Å². The molecule has 0 saturated heterocycles. The first-order valence-electron chi connectivity index (χ1n) is 7.38. The minimum Gasteiger partial charge on any atom is -0.394 e. The van der Waals surface area contributed by atoms with Crippen molar-refractivity contribution >= 4 is 17.5 Å². The summed E-state index contributed by atoms with van der Waals surface area (Å²) in [4.78, 5) is 12.7. The fourth-order valence-corrected chi connectivity index (χ4v) is 2.88. The van der Waals surface area contributed by atoms with Gasteiger partial charge in [-0.1, -0.05) is 54.1 Å². The summed E-state index contributed by atoms with van der Waals surface area (Å²) in [5.41, 5.74) is 1.43. The first-order chi connectivity index (χ1) is 10.7. The Morgan fingerprint density at radius 1 is 1.14 bits per heavy atom. The number of carbonyl (C=O) groups excluding carboxylic acids is 1. The summed E-state index contributed by atoms with van der Waals surface area (Å²) in [6.07, 6.45) is 1.65. The maximum atomic E-state index is 12.7. The molecular weight excluding hydrogens is 298 g/mol. The van der Waals surface area contributed by atoms with Crippen LogP contribution in [0.4, 0.5) is 0 Å². The third-order valence-electron chi connectivity index (χ3n) is 4.27. The largest absolute Gasteiger partial charge is 0.394 e. The van der Waals surface area contributed by atoms with E-state index in [9.17, 15) is 9.90 Å². The number of nitrogens with one attached hydrogen (secondary N) is 1. The highest BCUT2D eigenvalue weighted by atomic mass is 35.5. The highest BCUT2D eigenvalue weighted by Crippen LogP contribution is 2.48. The lowest BCUT2D eigenvalue weighted by molar-refractivity contribution is -0.124. The first kappa shape index (κ1) is 15.1. The highest BCUT2D eigenvalue weighted by molar-refractivity contribution is 6.30. The van der Waals surface area contributed by atoms with E-state index in [1.54, 1.807) is 0 Å². The number of halogens is 1. The molecule has 0 bridgehead atoms. The van der Waals surface area contributed by atoms with Gasteiger partial charge in [-0.05, 0) is 36.1 Å². The Bertz CT molecular complexity index is 651. The van der Waals surface area contributed by atoms with Crippen molar-refractivity contribution in [2.45, 2.75) is 24.3 Å². The van der Waals surface area contributed by atoms with Crippen LogP contribution in [0.15, 0.2) is 54.6 Å². The molecule has 114 valence electrons. The van der Waals surface area contributed by atoms with Crippen molar-refractivity contribution in [2.24, 2.45) is 0 Å². The van der Waals surface area contributed by atoms with Crippen LogP contribution in [0.1, 0.15) is 30.0 Å². The summed E-state index contributed by atoms with van der Waals surface area (Å²) in [7, 11) is 0. The van der Waals surface area contributed by atoms with Gasteiger partial charge in [0.2, 0.25) is 5.91 Å². The average molecular weight is 316 g/mol. The molecule has 22 heavy (non-hydrogen) atoms. The van der Waals surface area contributed by atoms with Crippen LogP contribution in [-0.4, -0.2) is 17.6 Å². The molecule has 2 aromatic rings. The fraction of sp³-hybridized carbons (Fsp3) is 0.278. The normalized spacial score (nSPS) is 16.8. The molecule has 1 amide bonds. The third kappa shape index (κ3) is 2.87. The van der Waals surface area contributed by atoms with Crippen LogP contribution in [0.2, 0.25) is 5.02 Å². The molecule has 1 fully saturated rings. The van der Waals surface area contributed by atoms with Gasteiger partial charge in [-0.15, -0.1) is 0 Å². The summed E-state index contributed by atoms with van der Waals surface area (Å²) in [6.45, 7) is -0.119. The maximum absolute atomic E-state index is 12.7. The zero-order valence-electron chi connectivity index (χ0n) is 12.1. The van der Waals surface area contributed by atoms with Crippen LogP contribution in [0.5, 0.6) is 0 Å². The number of amides is 1. The Balaban J connectivity index is 1.77. The molecule has 3 nitrogen and oxygen atoms in total. The summed E-state index contributed by atoms with van der Waals surface area (Å²) in [5.74, 6) is -0.0299. The molecule has 1 atom stereocenters. The molecule has 1 aliphatic rings. The summed E-state index contributed by atoms with van der Waals surface area (Å²) in [5, 5.41) is 13.2. The Hall–Kier alpha value is -1.84. The Morgan fingerprint density at radius 2 is 1.77 bits per heavy atom. The van der Waals surface area contributed by atoms with E-state index >= 15 is 0 Å². The van der Waals surface area contributed by atoms with E-state index in [0.29, 0.717) is 5.02 Å². The lowest BCUT2D eigenvalue weighted by Crippen LogP contribution is -2.38. The number of carbonyl (C=O) groups is 1. The monoisotopic (exact) mass is 315 g/mol. The minimum absolute atomic E-state index is 0.0299. The van der Waals surface area contributed by atoms with Crippen molar-refractivity contribution in [1.29, 1.82) is 0 Å². The molecule has 0 unspecified atom stereocenters. The summed E-state index contributed by atoms with van der Waals surface area (Å²) >= 11 is 5.91. The second-order valence-electron chi connectivity index (χ2n) is 5.71. The Morgan fingerprint density at radius 3 is 2.32 bits per heavy atom. The van der Waals surface area contributed by atoms with Gasteiger partial charge in [0.1, 0.15) is 0 Å². The predicted molar refractivity (Wildman–Crippen MR) is 86.8 cm³/mol. The standard InChI is InChI=1S/C18H18ClNO2/c19-15-8-6-14(7-9-15)18(10-11-18)17(22)20-16(12-21)13-4-2-1-3-5-13/h1-9,16,21H,10-12H2,(H,20,22)/t16-/m1/s1. The van der Waals surface area contributed by atoms with E-state index in [1.807, 2.05) is 54.6 Å². The van der Waals surface area contributed by atoms with Gasteiger partial charge in [-0.3, -0.25) is 4.79 Å². The van der Waals surface area contributed by atoms with Gasteiger partial charge in [0.15, 0.2) is 0 Å². The van der Waals surface area contributed by atoms with E-state index in [2.05, 4.69) is 5.32 Å². The second-order valence-corrected chi connectivity index (χ2v) is 6.14. The van der Waals surface area contributed by atoms with Gasteiger partial charge in [-0.2, -0.15) is 0 Å².